The smallest absolute Gasteiger partial charge is 0.307 e. The highest BCUT2D eigenvalue weighted by molar-refractivity contribution is 6.30. The molecule has 0 aliphatic heterocycles. The van der Waals surface area contributed by atoms with Gasteiger partial charge in [-0.3, -0.25) is 14.4 Å². The molecule has 0 spiro atoms. The molecular weight excluding hydrogens is 429 g/mol. The number of hydrogen-bond donors (Lipinski definition) is 3. The first kappa shape index (κ1) is 23.7. The molecule has 1 amide bonds. The highest BCUT2D eigenvalue weighted by Gasteiger charge is 2.27. The van der Waals surface area contributed by atoms with Crippen LogP contribution in [0.5, 0.6) is 0 Å². The number of carboxylic acids is 2. The minimum atomic E-state index is -1.31. The van der Waals surface area contributed by atoms with Gasteiger partial charge in [0, 0.05) is 28.4 Å². The second-order valence-electron chi connectivity index (χ2n) is 7.19. The van der Waals surface area contributed by atoms with Crippen molar-refractivity contribution in [1.29, 1.82) is 0 Å². The zero-order valence-electron chi connectivity index (χ0n) is 16.3. The van der Waals surface area contributed by atoms with E-state index < -0.39 is 36.6 Å². The lowest BCUT2D eigenvalue weighted by atomic mass is 9.86. The SMILES string of the molecule is CC(NC(=O)CC(CC(=O)O)C(=O)O)C(Cc1cccc(Cl)c1)c1ccc(Cl)cc1. The van der Waals surface area contributed by atoms with Gasteiger partial charge in [0.25, 0.3) is 0 Å². The zero-order chi connectivity index (χ0) is 22.3. The summed E-state index contributed by atoms with van der Waals surface area (Å²) >= 11 is 12.1. The van der Waals surface area contributed by atoms with Gasteiger partial charge in [0.05, 0.1) is 12.3 Å². The van der Waals surface area contributed by atoms with Crippen LogP contribution < -0.4 is 5.32 Å². The second kappa shape index (κ2) is 11.0. The Labute approximate surface area is 184 Å². The number of rotatable bonds is 10. The summed E-state index contributed by atoms with van der Waals surface area (Å²) in [6, 6.07) is 14.4. The number of carbonyl (C=O) groups excluding carboxylic acids is 1. The Morgan fingerprint density at radius 1 is 0.967 bits per heavy atom. The van der Waals surface area contributed by atoms with Crippen molar-refractivity contribution in [3.63, 3.8) is 0 Å². The first-order chi connectivity index (χ1) is 14.2. The molecule has 160 valence electrons. The summed E-state index contributed by atoms with van der Waals surface area (Å²) in [6.07, 6.45) is -0.433. The van der Waals surface area contributed by atoms with Crippen molar-refractivity contribution in [2.24, 2.45) is 5.92 Å². The summed E-state index contributed by atoms with van der Waals surface area (Å²) in [5.41, 5.74) is 1.94. The van der Waals surface area contributed by atoms with Crippen molar-refractivity contribution in [2.75, 3.05) is 0 Å². The van der Waals surface area contributed by atoms with Crippen LogP contribution in [0.1, 0.15) is 36.8 Å². The second-order valence-corrected chi connectivity index (χ2v) is 8.06. The molecule has 0 heterocycles. The zero-order valence-corrected chi connectivity index (χ0v) is 17.9. The van der Waals surface area contributed by atoms with Gasteiger partial charge in [-0.1, -0.05) is 47.5 Å². The number of aliphatic carboxylic acids is 2. The molecule has 2 aromatic carbocycles. The molecule has 6 nitrogen and oxygen atoms in total. The van der Waals surface area contributed by atoms with Crippen LogP contribution in [-0.4, -0.2) is 34.1 Å². The van der Waals surface area contributed by atoms with Crippen LogP contribution in [0.3, 0.4) is 0 Å². The maximum absolute atomic E-state index is 12.4. The lowest BCUT2D eigenvalue weighted by Crippen LogP contribution is -2.39. The van der Waals surface area contributed by atoms with Gasteiger partial charge in [-0.25, -0.2) is 0 Å². The number of carboxylic acid groups (broad SMARTS) is 2. The fourth-order valence-electron chi connectivity index (χ4n) is 3.31. The Balaban J connectivity index is 2.18. The predicted molar refractivity (Wildman–Crippen MR) is 115 cm³/mol. The molecule has 0 aromatic heterocycles. The van der Waals surface area contributed by atoms with Crippen LogP contribution in [0.2, 0.25) is 10.0 Å². The first-order valence-corrected chi connectivity index (χ1v) is 10.1. The summed E-state index contributed by atoms with van der Waals surface area (Å²) in [7, 11) is 0. The highest BCUT2D eigenvalue weighted by Crippen LogP contribution is 2.27. The monoisotopic (exact) mass is 451 g/mol. The Bertz CT molecular complexity index is 901. The maximum Gasteiger partial charge on any atom is 0.307 e. The van der Waals surface area contributed by atoms with Gasteiger partial charge >= 0.3 is 11.9 Å². The van der Waals surface area contributed by atoms with E-state index in [9.17, 15) is 19.5 Å². The molecule has 0 saturated heterocycles. The van der Waals surface area contributed by atoms with E-state index in [1.807, 2.05) is 37.3 Å². The molecule has 30 heavy (non-hydrogen) atoms. The Kier molecular flexibility index (Phi) is 8.69. The van der Waals surface area contributed by atoms with Gasteiger partial charge in [-0.2, -0.15) is 0 Å². The summed E-state index contributed by atoms with van der Waals surface area (Å²) in [6.45, 7) is 1.83. The van der Waals surface area contributed by atoms with Crippen LogP contribution >= 0.6 is 23.2 Å². The Morgan fingerprint density at radius 3 is 2.20 bits per heavy atom. The summed E-state index contributed by atoms with van der Waals surface area (Å²) in [5.74, 6) is -4.50. The standard InChI is InChI=1S/C22H23Cl2NO5/c1-13(25-20(26)11-16(22(29)30)12-21(27)28)19(15-5-7-17(23)8-6-15)10-14-3-2-4-18(24)9-14/h2-9,13,16,19H,10-12H2,1H3,(H,25,26)(H,27,28)(H,29,30). The molecule has 2 rings (SSSR count). The molecule has 0 bridgehead atoms. The van der Waals surface area contributed by atoms with Gasteiger partial charge in [-0.05, 0) is 48.7 Å². The highest BCUT2D eigenvalue weighted by atomic mass is 35.5. The van der Waals surface area contributed by atoms with Crippen molar-refractivity contribution in [1.82, 2.24) is 5.32 Å². The van der Waals surface area contributed by atoms with Crippen LogP contribution in [0, 0.1) is 5.92 Å². The molecule has 0 aliphatic rings. The van der Waals surface area contributed by atoms with Crippen molar-refractivity contribution >= 4 is 41.0 Å². The summed E-state index contributed by atoms with van der Waals surface area (Å²) < 4.78 is 0. The fraction of sp³-hybridized carbons (Fsp3) is 0.318. The van der Waals surface area contributed by atoms with E-state index in [2.05, 4.69) is 5.32 Å². The quantitative estimate of drug-likeness (QED) is 0.496. The van der Waals surface area contributed by atoms with Gasteiger partial charge in [0.1, 0.15) is 0 Å². The van der Waals surface area contributed by atoms with Gasteiger partial charge in [-0.15, -0.1) is 0 Å². The average Bonchev–Trinajstić information content (AvgIpc) is 2.66. The van der Waals surface area contributed by atoms with Crippen LogP contribution in [-0.2, 0) is 20.8 Å². The van der Waals surface area contributed by atoms with Crippen molar-refractivity contribution in [2.45, 2.75) is 38.1 Å². The van der Waals surface area contributed by atoms with Gasteiger partial charge in [0.2, 0.25) is 5.91 Å². The summed E-state index contributed by atoms with van der Waals surface area (Å²) in [5, 5.41) is 22.1. The van der Waals surface area contributed by atoms with Crippen LogP contribution in [0.15, 0.2) is 48.5 Å². The third-order valence-electron chi connectivity index (χ3n) is 4.84. The van der Waals surface area contributed by atoms with E-state index in [1.54, 1.807) is 18.2 Å². The third-order valence-corrected chi connectivity index (χ3v) is 5.32. The molecule has 3 atom stereocenters. The first-order valence-electron chi connectivity index (χ1n) is 9.39. The lowest BCUT2D eigenvalue weighted by Gasteiger charge is -2.26. The molecule has 0 radical (unpaired) electrons. The van der Waals surface area contributed by atoms with Crippen LogP contribution in [0.25, 0.3) is 0 Å². The van der Waals surface area contributed by atoms with Crippen molar-refractivity contribution in [3.05, 3.63) is 69.7 Å². The van der Waals surface area contributed by atoms with Crippen LogP contribution in [0.4, 0.5) is 0 Å². The maximum atomic E-state index is 12.4. The molecule has 0 saturated carbocycles. The number of carbonyl (C=O) groups is 3. The largest absolute Gasteiger partial charge is 0.481 e. The topological polar surface area (TPSA) is 104 Å². The fourth-order valence-corrected chi connectivity index (χ4v) is 3.64. The van der Waals surface area contributed by atoms with Gasteiger partial charge in [0.15, 0.2) is 0 Å². The van der Waals surface area contributed by atoms with E-state index in [1.165, 1.54) is 0 Å². The normalized spacial score (nSPS) is 13.8. The molecule has 8 heteroatoms. The van der Waals surface area contributed by atoms with E-state index in [0.29, 0.717) is 16.5 Å². The van der Waals surface area contributed by atoms with E-state index in [-0.39, 0.29) is 12.0 Å². The average molecular weight is 452 g/mol. The lowest BCUT2D eigenvalue weighted by molar-refractivity contribution is -0.149. The number of nitrogens with one attached hydrogen (secondary N) is 1. The van der Waals surface area contributed by atoms with E-state index in [4.69, 9.17) is 28.3 Å². The molecule has 2 aromatic rings. The van der Waals surface area contributed by atoms with E-state index in [0.717, 1.165) is 11.1 Å². The Hall–Kier alpha value is -2.57. The Morgan fingerprint density at radius 2 is 1.63 bits per heavy atom. The number of amides is 1. The molecule has 3 unspecified atom stereocenters. The minimum absolute atomic E-state index is 0.132. The minimum Gasteiger partial charge on any atom is -0.481 e. The third kappa shape index (κ3) is 7.35. The molecule has 0 fully saturated rings. The van der Waals surface area contributed by atoms with Gasteiger partial charge < -0.3 is 15.5 Å². The van der Waals surface area contributed by atoms with E-state index >= 15 is 0 Å². The van der Waals surface area contributed by atoms with Crippen molar-refractivity contribution in [3.8, 4) is 0 Å². The number of benzene rings is 2. The van der Waals surface area contributed by atoms with Crippen molar-refractivity contribution < 1.29 is 24.6 Å². The molecular formula is C22H23Cl2NO5. The number of halogens is 2. The number of hydrogen-bond acceptors (Lipinski definition) is 3. The molecule has 0 aliphatic carbocycles. The predicted octanol–water partition coefficient (Wildman–Crippen LogP) is 4.39. The molecule has 3 N–H and O–H groups in total. The summed E-state index contributed by atoms with van der Waals surface area (Å²) in [4.78, 5) is 34.5.